The van der Waals surface area contributed by atoms with Gasteiger partial charge < -0.3 is 15.6 Å². The van der Waals surface area contributed by atoms with Gasteiger partial charge in [-0.2, -0.15) is 0 Å². The molecule has 0 spiro atoms. The molecule has 1 aromatic heterocycles. The van der Waals surface area contributed by atoms with Gasteiger partial charge in [-0.3, -0.25) is 9.59 Å². The standard InChI is InChI=1S/C16H21N3O2/c1-2-5-16(21)19(11-15(17)20)9-8-12-10-18-14-7-4-3-6-13(12)14/h3-4,6-7,10,18H,2,5,8-9,11H2,1H3,(H2,17,20). The maximum absolute atomic E-state index is 12.0. The van der Waals surface area contributed by atoms with E-state index in [-0.39, 0.29) is 12.5 Å². The summed E-state index contributed by atoms with van der Waals surface area (Å²) in [6.07, 6.45) is 3.87. The third-order valence-electron chi connectivity index (χ3n) is 3.49. The lowest BCUT2D eigenvalue weighted by atomic mass is 10.1. The average Bonchev–Trinajstić information content (AvgIpc) is 2.86. The number of nitrogens with one attached hydrogen (secondary N) is 1. The minimum atomic E-state index is -0.474. The van der Waals surface area contributed by atoms with Gasteiger partial charge in [-0.15, -0.1) is 0 Å². The topological polar surface area (TPSA) is 79.2 Å². The Labute approximate surface area is 124 Å². The van der Waals surface area contributed by atoms with Gasteiger partial charge in [-0.25, -0.2) is 0 Å². The number of H-pyrrole nitrogens is 1. The number of aromatic amines is 1. The van der Waals surface area contributed by atoms with Crippen molar-refractivity contribution >= 4 is 22.7 Å². The Morgan fingerprint density at radius 1 is 1.29 bits per heavy atom. The molecule has 2 rings (SSSR count). The molecule has 0 saturated carbocycles. The van der Waals surface area contributed by atoms with Crippen LogP contribution >= 0.6 is 0 Å². The summed E-state index contributed by atoms with van der Waals surface area (Å²) in [7, 11) is 0. The van der Waals surface area contributed by atoms with Crippen LogP contribution in [0.4, 0.5) is 0 Å². The van der Waals surface area contributed by atoms with E-state index in [0.717, 1.165) is 22.9 Å². The van der Waals surface area contributed by atoms with Gasteiger partial charge in [-0.1, -0.05) is 25.1 Å². The van der Waals surface area contributed by atoms with Crippen molar-refractivity contribution < 1.29 is 9.59 Å². The number of aromatic nitrogens is 1. The molecule has 5 heteroatoms. The van der Waals surface area contributed by atoms with Gasteiger partial charge in [0.15, 0.2) is 0 Å². The van der Waals surface area contributed by atoms with Gasteiger partial charge in [0, 0.05) is 30.1 Å². The fourth-order valence-electron chi connectivity index (χ4n) is 2.45. The molecule has 0 bridgehead atoms. The molecule has 5 nitrogen and oxygen atoms in total. The number of benzene rings is 1. The SMILES string of the molecule is CCCC(=O)N(CCc1c[nH]c2ccccc12)CC(N)=O. The van der Waals surface area contributed by atoms with Crippen molar-refractivity contribution in [3.05, 3.63) is 36.0 Å². The first-order chi connectivity index (χ1) is 10.1. The van der Waals surface area contributed by atoms with Gasteiger partial charge in [0.1, 0.15) is 0 Å². The first-order valence-corrected chi connectivity index (χ1v) is 7.23. The van der Waals surface area contributed by atoms with Crippen molar-refractivity contribution in [2.75, 3.05) is 13.1 Å². The van der Waals surface area contributed by atoms with Gasteiger partial charge >= 0.3 is 0 Å². The summed E-state index contributed by atoms with van der Waals surface area (Å²) >= 11 is 0. The summed E-state index contributed by atoms with van der Waals surface area (Å²) in [5.41, 5.74) is 7.45. The van der Waals surface area contributed by atoms with Crippen molar-refractivity contribution in [1.29, 1.82) is 0 Å². The number of carbonyl (C=O) groups is 2. The molecule has 21 heavy (non-hydrogen) atoms. The predicted molar refractivity (Wildman–Crippen MR) is 82.7 cm³/mol. The van der Waals surface area contributed by atoms with Crippen LogP contribution in [-0.2, 0) is 16.0 Å². The van der Waals surface area contributed by atoms with Crippen LogP contribution in [0.1, 0.15) is 25.3 Å². The Kier molecular flexibility index (Phi) is 4.98. The summed E-state index contributed by atoms with van der Waals surface area (Å²) in [5, 5.41) is 1.15. The van der Waals surface area contributed by atoms with Crippen LogP contribution in [0.3, 0.4) is 0 Å². The number of primary amides is 1. The lowest BCUT2D eigenvalue weighted by Gasteiger charge is -2.20. The highest BCUT2D eigenvalue weighted by atomic mass is 16.2. The second-order valence-corrected chi connectivity index (χ2v) is 5.14. The number of hydrogen-bond acceptors (Lipinski definition) is 2. The highest BCUT2D eigenvalue weighted by Crippen LogP contribution is 2.18. The Morgan fingerprint density at radius 3 is 2.76 bits per heavy atom. The zero-order valence-electron chi connectivity index (χ0n) is 12.3. The summed E-state index contributed by atoms with van der Waals surface area (Å²) in [6, 6.07) is 8.03. The summed E-state index contributed by atoms with van der Waals surface area (Å²) < 4.78 is 0. The smallest absolute Gasteiger partial charge is 0.237 e. The van der Waals surface area contributed by atoms with E-state index >= 15 is 0 Å². The minimum absolute atomic E-state index is 0.0127. The van der Waals surface area contributed by atoms with Crippen LogP contribution in [0.2, 0.25) is 0 Å². The molecule has 0 fully saturated rings. The minimum Gasteiger partial charge on any atom is -0.368 e. The maximum atomic E-state index is 12.0. The molecule has 2 aromatic rings. The number of amides is 2. The molecule has 1 aromatic carbocycles. The van der Waals surface area contributed by atoms with Crippen LogP contribution in [0.15, 0.2) is 30.5 Å². The van der Waals surface area contributed by atoms with Crippen LogP contribution in [0.5, 0.6) is 0 Å². The summed E-state index contributed by atoms with van der Waals surface area (Å²) in [6.45, 7) is 2.44. The predicted octanol–water partition coefficient (Wildman–Crippen LogP) is 1.82. The van der Waals surface area contributed by atoms with Crippen molar-refractivity contribution in [3.63, 3.8) is 0 Å². The highest BCUT2D eigenvalue weighted by Gasteiger charge is 2.15. The normalized spacial score (nSPS) is 10.7. The Bertz CT molecular complexity index is 633. The van der Waals surface area contributed by atoms with Gasteiger partial charge in [0.2, 0.25) is 11.8 Å². The molecule has 0 radical (unpaired) electrons. The Hall–Kier alpha value is -2.30. The summed E-state index contributed by atoms with van der Waals surface area (Å²) in [4.78, 5) is 27.9. The molecule has 1 heterocycles. The monoisotopic (exact) mass is 287 g/mol. The van der Waals surface area contributed by atoms with Crippen LogP contribution in [-0.4, -0.2) is 34.8 Å². The number of fused-ring (bicyclic) bond motifs is 1. The van der Waals surface area contributed by atoms with E-state index in [9.17, 15) is 9.59 Å². The van der Waals surface area contributed by atoms with Gasteiger partial charge in [0.05, 0.1) is 6.54 Å². The Balaban J connectivity index is 2.07. The van der Waals surface area contributed by atoms with Crippen LogP contribution in [0, 0.1) is 0 Å². The van der Waals surface area contributed by atoms with Crippen molar-refractivity contribution in [3.8, 4) is 0 Å². The highest BCUT2D eigenvalue weighted by molar-refractivity contribution is 5.84. The van der Waals surface area contributed by atoms with Crippen molar-refractivity contribution in [1.82, 2.24) is 9.88 Å². The number of nitrogens with two attached hydrogens (primary N) is 1. The van der Waals surface area contributed by atoms with E-state index in [4.69, 9.17) is 5.73 Å². The second kappa shape index (κ2) is 6.92. The van der Waals surface area contributed by atoms with E-state index in [1.165, 1.54) is 0 Å². The fourth-order valence-corrected chi connectivity index (χ4v) is 2.45. The van der Waals surface area contributed by atoms with Crippen molar-refractivity contribution in [2.45, 2.75) is 26.2 Å². The second-order valence-electron chi connectivity index (χ2n) is 5.14. The number of carbonyl (C=O) groups excluding carboxylic acids is 2. The first-order valence-electron chi connectivity index (χ1n) is 7.23. The zero-order valence-corrected chi connectivity index (χ0v) is 12.3. The quantitative estimate of drug-likeness (QED) is 0.814. The van der Waals surface area contributed by atoms with Gasteiger partial charge in [-0.05, 0) is 24.5 Å². The molecule has 0 unspecified atom stereocenters. The molecule has 0 aliphatic heterocycles. The molecule has 3 N–H and O–H groups in total. The maximum Gasteiger partial charge on any atom is 0.237 e. The molecular formula is C16H21N3O2. The number of para-hydroxylation sites is 1. The van der Waals surface area contributed by atoms with Crippen LogP contribution < -0.4 is 5.73 Å². The lowest BCUT2D eigenvalue weighted by Crippen LogP contribution is -2.39. The van der Waals surface area contributed by atoms with E-state index in [1.807, 2.05) is 37.4 Å². The molecule has 2 amide bonds. The molecule has 0 aliphatic carbocycles. The molecule has 0 atom stereocenters. The summed E-state index contributed by atoms with van der Waals surface area (Å²) in [5.74, 6) is -0.491. The van der Waals surface area contributed by atoms with E-state index in [1.54, 1.807) is 4.90 Å². The number of nitrogens with zero attached hydrogens (tertiary/aromatic N) is 1. The third kappa shape index (κ3) is 3.84. The molecule has 0 aliphatic rings. The molecule has 112 valence electrons. The first kappa shape index (κ1) is 15.1. The molecule has 0 saturated heterocycles. The van der Waals surface area contributed by atoms with E-state index < -0.39 is 5.91 Å². The van der Waals surface area contributed by atoms with Crippen LogP contribution in [0.25, 0.3) is 10.9 Å². The average molecular weight is 287 g/mol. The van der Waals surface area contributed by atoms with E-state index in [0.29, 0.717) is 19.4 Å². The van der Waals surface area contributed by atoms with Gasteiger partial charge in [0.25, 0.3) is 0 Å². The fraction of sp³-hybridized carbons (Fsp3) is 0.375. The Morgan fingerprint density at radius 2 is 2.05 bits per heavy atom. The molecular weight excluding hydrogens is 266 g/mol. The van der Waals surface area contributed by atoms with Crippen molar-refractivity contribution in [2.24, 2.45) is 5.73 Å². The number of rotatable bonds is 7. The van der Waals surface area contributed by atoms with E-state index in [2.05, 4.69) is 4.98 Å². The largest absolute Gasteiger partial charge is 0.368 e. The zero-order chi connectivity index (χ0) is 15.2. The lowest BCUT2D eigenvalue weighted by molar-refractivity contribution is -0.135. The number of hydrogen-bond donors (Lipinski definition) is 2. The third-order valence-corrected chi connectivity index (χ3v) is 3.49.